The van der Waals surface area contributed by atoms with E-state index in [1.54, 1.807) is 6.92 Å². The lowest BCUT2D eigenvalue weighted by Gasteiger charge is -2.20. The number of nitrogens with one attached hydrogen (secondary N) is 1. The van der Waals surface area contributed by atoms with Gasteiger partial charge in [-0.2, -0.15) is 0 Å². The Bertz CT molecular complexity index is 451. The standard InChI is InChI=1S/C15H22FNO3/c1-5-8-17-10(2)13-9-12(16)6-7-14(13)20-11(3)15(18)19-4/h6-7,9-11,17H,5,8H2,1-4H3. The minimum atomic E-state index is -0.734. The maximum absolute atomic E-state index is 13.4. The van der Waals surface area contributed by atoms with E-state index in [4.69, 9.17) is 4.74 Å². The van der Waals surface area contributed by atoms with Gasteiger partial charge in [0, 0.05) is 11.6 Å². The molecule has 20 heavy (non-hydrogen) atoms. The van der Waals surface area contributed by atoms with Crippen LogP contribution in [0.2, 0.25) is 0 Å². The molecule has 2 atom stereocenters. The van der Waals surface area contributed by atoms with E-state index in [2.05, 4.69) is 17.0 Å². The average molecular weight is 283 g/mol. The molecule has 0 aliphatic carbocycles. The molecule has 2 unspecified atom stereocenters. The Morgan fingerprint density at radius 1 is 1.40 bits per heavy atom. The molecule has 0 amide bonds. The van der Waals surface area contributed by atoms with Crippen LogP contribution in [0.5, 0.6) is 5.75 Å². The van der Waals surface area contributed by atoms with Gasteiger partial charge in [0.15, 0.2) is 6.10 Å². The molecule has 0 spiro atoms. The number of methoxy groups -OCH3 is 1. The molecule has 1 rings (SSSR count). The highest BCUT2D eigenvalue weighted by Gasteiger charge is 2.19. The monoisotopic (exact) mass is 283 g/mol. The molecule has 0 saturated carbocycles. The molecule has 0 radical (unpaired) electrons. The van der Waals surface area contributed by atoms with E-state index >= 15 is 0 Å². The van der Waals surface area contributed by atoms with Crippen molar-refractivity contribution in [2.75, 3.05) is 13.7 Å². The minimum Gasteiger partial charge on any atom is -0.479 e. The molecule has 0 aliphatic heterocycles. The van der Waals surface area contributed by atoms with Crippen LogP contribution in [0.25, 0.3) is 0 Å². The second-order valence-electron chi connectivity index (χ2n) is 4.64. The summed E-state index contributed by atoms with van der Waals surface area (Å²) in [6.07, 6.45) is 0.247. The Morgan fingerprint density at radius 3 is 2.70 bits per heavy atom. The lowest BCUT2D eigenvalue weighted by molar-refractivity contribution is -0.147. The fourth-order valence-corrected chi connectivity index (χ4v) is 1.84. The maximum atomic E-state index is 13.4. The summed E-state index contributed by atoms with van der Waals surface area (Å²) in [5.41, 5.74) is 0.689. The predicted octanol–water partition coefficient (Wildman–Crippen LogP) is 2.83. The molecule has 0 saturated heterocycles. The van der Waals surface area contributed by atoms with E-state index in [-0.39, 0.29) is 11.9 Å². The van der Waals surface area contributed by atoms with E-state index < -0.39 is 12.1 Å². The molecule has 112 valence electrons. The topological polar surface area (TPSA) is 47.6 Å². The van der Waals surface area contributed by atoms with Gasteiger partial charge in [0.2, 0.25) is 0 Å². The molecule has 4 nitrogen and oxygen atoms in total. The highest BCUT2D eigenvalue weighted by molar-refractivity contribution is 5.74. The van der Waals surface area contributed by atoms with Crippen molar-refractivity contribution < 1.29 is 18.7 Å². The van der Waals surface area contributed by atoms with Crippen LogP contribution in [0.3, 0.4) is 0 Å². The van der Waals surface area contributed by atoms with Crippen molar-refractivity contribution in [3.05, 3.63) is 29.6 Å². The lowest BCUT2D eigenvalue weighted by Crippen LogP contribution is -2.26. The van der Waals surface area contributed by atoms with Crippen LogP contribution in [0, 0.1) is 5.82 Å². The first-order valence-corrected chi connectivity index (χ1v) is 6.76. The quantitative estimate of drug-likeness (QED) is 0.782. The van der Waals surface area contributed by atoms with Crippen LogP contribution in [-0.4, -0.2) is 25.7 Å². The number of hydrogen-bond donors (Lipinski definition) is 1. The van der Waals surface area contributed by atoms with Gasteiger partial charge in [0.05, 0.1) is 7.11 Å². The van der Waals surface area contributed by atoms with Crippen molar-refractivity contribution in [3.63, 3.8) is 0 Å². The number of rotatable bonds is 7. The first-order valence-electron chi connectivity index (χ1n) is 6.76. The first kappa shape index (κ1) is 16.4. The van der Waals surface area contributed by atoms with Gasteiger partial charge in [-0.25, -0.2) is 9.18 Å². The Balaban J connectivity index is 2.92. The predicted molar refractivity (Wildman–Crippen MR) is 75.2 cm³/mol. The minimum absolute atomic E-state index is 0.0644. The molecular formula is C15H22FNO3. The van der Waals surface area contributed by atoms with Crippen LogP contribution >= 0.6 is 0 Å². The van der Waals surface area contributed by atoms with Crippen LogP contribution < -0.4 is 10.1 Å². The number of carbonyl (C=O) groups excluding carboxylic acids is 1. The van der Waals surface area contributed by atoms with Gasteiger partial charge in [-0.05, 0) is 45.0 Å². The van der Waals surface area contributed by atoms with Crippen molar-refractivity contribution in [2.45, 2.75) is 39.3 Å². The zero-order chi connectivity index (χ0) is 15.1. The van der Waals surface area contributed by atoms with Gasteiger partial charge in [-0.1, -0.05) is 6.92 Å². The SMILES string of the molecule is CCCNC(C)c1cc(F)ccc1OC(C)C(=O)OC. The molecular weight excluding hydrogens is 261 g/mol. The molecule has 0 bridgehead atoms. The summed E-state index contributed by atoms with van der Waals surface area (Å²) in [4.78, 5) is 11.4. The van der Waals surface area contributed by atoms with E-state index in [1.165, 1.54) is 25.3 Å². The zero-order valence-corrected chi connectivity index (χ0v) is 12.4. The summed E-state index contributed by atoms with van der Waals surface area (Å²) in [5.74, 6) is -0.307. The number of halogens is 1. The molecule has 0 aliphatic rings. The number of benzene rings is 1. The Morgan fingerprint density at radius 2 is 2.10 bits per heavy atom. The highest BCUT2D eigenvalue weighted by atomic mass is 19.1. The molecule has 0 heterocycles. The number of esters is 1. The van der Waals surface area contributed by atoms with Crippen LogP contribution in [0.4, 0.5) is 4.39 Å². The van der Waals surface area contributed by atoms with Gasteiger partial charge >= 0.3 is 5.97 Å². The van der Waals surface area contributed by atoms with Crippen molar-refractivity contribution >= 4 is 5.97 Å². The van der Waals surface area contributed by atoms with Gasteiger partial charge in [-0.3, -0.25) is 0 Å². The third-order valence-corrected chi connectivity index (χ3v) is 2.98. The van der Waals surface area contributed by atoms with E-state index in [0.717, 1.165) is 13.0 Å². The van der Waals surface area contributed by atoms with Gasteiger partial charge < -0.3 is 14.8 Å². The molecule has 5 heteroatoms. The van der Waals surface area contributed by atoms with Crippen LogP contribution in [0.1, 0.15) is 38.8 Å². The lowest BCUT2D eigenvalue weighted by atomic mass is 10.1. The second-order valence-corrected chi connectivity index (χ2v) is 4.64. The summed E-state index contributed by atoms with van der Waals surface area (Å²) >= 11 is 0. The second kappa shape index (κ2) is 7.85. The van der Waals surface area contributed by atoms with Crippen LogP contribution in [-0.2, 0) is 9.53 Å². The Kier molecular flexibility index (Phi) is 6.45. The Labute approximate surface area is 119 Å². The zero-order valence-electron chi connectivity index (χ0n) is 12.4. The van der Waals surface area contributed by atoms with Crippen molar-refractivity contribution in [1.82, 2.24) is 5.32 Å². The first-order chi connectivity index (χ1) is 9.49. The molecule has 0 aromatic heterocycles. The number of carbonyl (C=O) groups is 1. The summed E-state index contributed by atoms with van der Waals surface area (Å²) in [5, 5.41) is 3.27. The fraction of sp³-hybridized carbons (Fsp3) is 0.533. The van der Waals surface area contributed by atoms with E-state index in [0.29, 0.717) is 11.3 Å². The highest BCUT2D eigenvalue weighted by Crippen LogP contribution is 2.27. The van der Waals surface area contributed by atoms with E-state index in [9.17, 15) is 9.18 Å². The number of ether oxygens (including phenoxy) is 2. The third-order valence-electron chi connectivity index (χ3n) is 2.98. The summed E-state index contributed by atoms with van der Waals surface area (Å²) < 4.78 is 23.6. The summed E-state index contributed by atoms with van der Waals surface area (Å²) in [6.45, 7) is 6.41. The third kappa shape index (κ3) is 4.49. The molecule has 1 aromatic carbocycles. The van der Waals surface area contributed by atoms with Gasteiger partial charge in [-0.15, -0.1) is 0 Å². The van der Waals surface area contributed by atoms with Crippen molar-refractivity contribution in [3.8, 4) is 5.75 Å². The smallest absolute Gasteiger partial charge is 0.346 e. The molecule has 1 aromatic rings. The normalized spacial score (nSPS) is 13.7. The van der Waals surface area contributed by atoms with Crippen LogP contribution in [0.15, 0.2) is 18.2 Å². The van der Waals surface area contributed by atoms with Crippen molar-refractivity contribution in [2.24, 2.45) is 0 Å². The fourth-order valence-electron chi connectivity index (χ4n) is 1.84. The summed E-state index contributed by atoms with van der Waals surface area (Å²) in [6, 6.07) is 4.21. The van der Waals surface area contributed by atoms with Gasteiger partial charge in [0.1, 0.15) is 11.6 Å². The van der Waals surface area contributed by atoms with Crippen molar-refractivity contribution in [1.29, 1.82) is 0 Å². The maximum Gasteiger partial charge on any atom is 0.346 e. The number of hydrogen-bond acceptors (Lipinski definition) is 4. The average Bonchev–Trinajstić information content (AvgIpc) is 2.45. The Hall–Kier alpha value is -1.62. The van der Waals surface area contributed by atoms with E-state index in [1.807, 2.05) is 6.92 Å². The van der Waals surface area contributed by atoms with Gasteiger partial charge in [0.25, 0.3) is 0 Å². The molecule has 0 fully saturated rings. The molecule has 1 N–H and O–H groups in total. The largest absolute Gasteiger partial charge is 0.479 e. The summed E-state index contributed by atoms with van der Waals surface area (Å²) in [7, 11) is 1.30.